The first-order valence-electron chi connectivity index (χ1n) is 4.18. The molecule has 0 N–H and O–H groups in total. The molecule has 0 heterocycles. The minimum atomic E-state index is -0.560. The van der Waals surface area contributed by atoms with Gasteiger partial charge in [0.05, 0.1) is 6.61 Å². The van der Waals surface area contributed by atoms with Crippen LogP contribution in [0.3, 0.4) is 0 Å². The molecule has 0 atom stereocenters. The van der Waals surface area contributed by atoms with E-state index in [2.05, 4.69) is 25.7 Å². The Hall–Kier alpha value is -1.16. The van der Waals surface area contributed by atoms with Crippen LogP contribution < -0.4 is 0 Å². The standard InChI is InChI=1S/C10H10BrNO2/c1-2-14-10(13)12-7-8-3-5-9(11)6-4-8/h3-7H,2H2,1H3. The summed E-state index contributed by atoms with van der Waals surface area (Å²) in [7, 11) is 0. The number of carbonyl (C=O) groups excluding carboxylic acids is 1. The highest BCUT2D eigenvalue weighted by Gasteiger charge is 1.94. The van der Waals surface area contributed by atoms with Gasteiger partial charge in [-0.15, -0.1) is 0 Å². The van der Waals surface area contributed by atoms with Crippen molar-refractivity contribution < 1.29 is 9.53 Å². The average Bonchev–Trinajstić information content (AvgIpc) is 2.17. The van der Waals surface area contributed by atoms with E-state index in [1.165, 1.54) is 6.21 Å². The maximum absolute atomic E-state index is 10.9. The Kier molecular flexibility index (Phi) is 4.32. The number of aliphatic imine (C=N–C) groups is 1. The minimum Gasteiger partial charge on any atom is -0.448 e. The van der Waals surface area contributed by atoms with Crippen LogP contribution in [0.2, 0.25) is 0 Å². The van der Waals surface area contributed by atoms with Gasteiger partial charge < -0.3 is 4.74 Å². The third-order valence-electron chi connectivity index (χ3n) is 1.46. The van der Waals surface area contributed by atoms with Gasteiger partial charge in [-0.2, -0.15) is 4.99 Å². The minimum absolute atomic E-state index is 0.344. The van der Waals surface area contributed by atoms with Gasteiger partial charge in [0.25, 0.3) is 0 Å². The molecule has 0 saturated heterocycles. The van der Waals surface area contributed by atoms with Gasteiger partial charge in [0.1, 0.15) is 0 Å². The van der Waals surface area contributed by atoms with Gasteiger partial charge in [-0.1, -0.05) is 28.1 Å². The van der Waals surface area contributed by atoms with Crippen molar-refractivity contribution in [1.29, 1.82) is 0 Å². The molecule has 0 aliphatic heterocycles. The number of hydrogen-bond acceptors (Lipinski definition) is 2. The van der Waals surface area contributed by atoms with Crippen LogP contribution in [0.25, 0.3) is 0 Å². The monoisotopic (exact) mass is 255 g/mol. The highest BCUT2D eigenvalue weighted by Crippen LogP contribution is 2.09. The van der Waals surface area contributed by atoms with E-state index in [0.29, 0.717) is 6.61 Å². The lowest BCUT2D eigenvalue weighted by molar-refractivity contribution is 0.164. The van der Waals surface area contributed by atoms with Crippen LogP contribution in [0.4, 0.5) is 4.79 Å². The molecule has 0 aromatic heterocycles. The molecule has 0 radical (unpaired) electrons. The van der Waals surface area contributed by atoms with Crippen LogP contribution in [-0.4, -0.2) is 18.9 Å². The van der Waals surface area contributed by atoms with Crippen LogP contribution in [0, 0.1) is 0 Å². The zero-order chi connectivity index (χ0) is 10.4. The molecule has 74 valence electrons. The van der Waals surface area contributed by atoms with Crippen LogP contribution >= 0.6 is 15.9 Å². The first kappa shape index (κ1) is 10.9. The lowest BCUT2D eigenvalue weighted by atomic mass is 10.2. The second kappa shape index (κ2) is 5.54. The summed E-state index contributed by atoms with van der Waals surface area (Å²) in [5.41, 5.74) is 0.862. The maximum atomic E-state index is 10.9. The van der Waals surface area contributed by atoms with Crippen molar-refractivity contribution in [3.8, 4) is 0 Å². The van der Waals surface area contributed by atoms with Crippen molar-refractivity contribution in [3.05, 3.63) is 34.3 Å². The van der Waals surface area contributed by atoms with E-state index in [4.69, 9.17) is 0 Å². The van der Waals surface area contributed by atoms with Gasteiger partial charge in [0, 0.05) is 10.7 Å². The second-order valence-electron chi connectivity index (χ2n) is 2.51. The predicted molar refractivity (Wildman–Crippen MR) is 58.8 cm³/mol. The van der Waals surface area contributed by atoms with E-state index in [9.17, 15) is 4.79 Å². The van der Waals surface area contributed by atoms with Crippen molar-refractivity contribution in [1.82, 2.24) is 0 Å². The molecular formula is C10H10BrNO2. The molecule has 0 saturated carbocycles. The fraction of sp³-hybridized carbons (Fsp3) is 0.200. The zero-order valence-corrected chi connectivity index (χ0v) is 9.32. The highest BCUT2D eigenvalue weighted by atomic mass is 79.9. The van der Waals surface area contributed by atoms with Gasteiger partial charge in [-0.3, -0.25) is 0 Å². The number of hydrogen-bond donors (Lipinski definition) is 0. The number of nitrogens with zero attached hydrogens (tertiary/aromatic N) is 1. The predicted octanol–water partition coefficient (Wildman–Crippen LogP) is 3.02. The molecule has 0 bridgehead atoms. The number of rotatable bonds is 2. The first-order chi connectivity index (χ1) is 6.72. The van der Waals surface area contributed by atoms with Gasteiger partial charge in [-0.25, -0.2) is 4.79 Å². The Bertz CT molecular complexity index is 332. The molecule has 0 spiro atoms. The molecule has 4 heteroatoms. The third-order valence-corrected chi connectivity index (χ3v) is 1.99. The number of halogens is 1. The Balaban J connectivity index is 2.60. The summed E-state index contributed by atoms with van der Waals surface area (Å²) in [5.74, 6) is 0. The fourth-order valence-electron chi connectivity index (χ4n) is 0.837. The van der Waals surface area contributed by atoms with Crippen molar-refractivity contribution in [2.75, 3.05) is 6.61 Å². The van der Waals surface area contributed by atoms with E-state index < -0.39 is 6.09 Å². The lowest BCUT2D eigenvalue weighted by Gasteiger charge is -1.94. The smallest absolute Gasteiger partial charge is 0.433 e. The number of amides is 1. The van der Waals surface area contributed by atoms with Crippen LogP contribution in [0.15, 0.2) is 33.7 Å². The maximum Gasteiger partial charge on any atom is 0.433 e. The topological polar surface area (TPSA) is 38.7 Å². The van der Waals surface area contributed by atoms with E-state index in [1.54, 1.807) is 6.92 Å². The summed E-state index contributed by atoms with van der Waals surface area (Å²) in [4.78, 5) is 14.5. The highest BCUT2D eigenvalue weighted by molar-refractivity contribution is 9.10. The van der Waals surface area contributed by atoms with Gasteiger partial charge >= 0.3 is 6.09 Å². The first-order valence-corrected chi connectivity index (χ1v) is 4.98. The van der Waals surface area contributed by atoms with Crippen molar-refractivity contribution in [3.63, 3.8) is 0 Å². The quantitative estimate of drug-likeness (QED) is 0.763. The SMILES string of the molecule is CCOC(=O)N=Cc1ccc(Br)cc1. The van der Waals surface area contributed by atoms with Crippen LogP contribution in [0.1, 0.15) is 12.5 Å². The second-order valence-corrected chi connectivity index (χ2v) is 3.42. The summed E-state index contributed by atoms with van der Waals surface area (Å²) < 4.78 is 5.63. The van der Waals surface area contributed by atoms with E-state index in [0.717, 1.165) is 10.0 Å². The Labute approximate surface area is 90.9 Å². The summed E-state index contributed by atoms with van der Waals surface area (Å²) in [6.07, 6.45) is 0.917. The lowest BCUT2D eigenvalue weighted by Crippen LogP contribution is -1.97. The molecule has 14 heavy (non-hydrogen) atoms. The molecule has 1 amide bonds. The molecule has 1 rings (SSSR count). The number of carbonyl (C=O) groups is 1. The van der Waals surface area contributed by atoms with Gasteiger partial charge in [-0.05, 0) is 24.6 Å². The van der Waals surface area contributed by atoms with Crippen LogP contribution in [0.5, 0.6) is 0 Å². The molecule has 1 aromatic carbocycles. The third kappa shape index (κ3) is 3.70. The summed E-state index contributed by atoms with van der Waals surface area (Å²) in [5, 5.41) is 0. The van der Waals surface area contributed by atoms with Crippen molar-refractivity contribution in [2.24, 2.45) is 4.99 Å². The zero-order valence-electron chi connectivity index (χ0n) is 7.74. The molecular weight excluding hydrogens is 246 g/mol. The largest absolute Gasteiger partial charge is 0.448 e. The van der Waals surface area contributed by atoms with Gasteiger partial charge in [0.2, 0.25) is 0 Å². The summed E-state index contributed by atoms with van der Waals surface area (Å²) in [6.45, 7) is 2.09. The van der Waals surface area contributed by atoms with Gasteiger partial charge in [0.15, 0.2) is 0 Å². The fourth-order valence-corrected chi connectivity index (χ4v) is 1.10. The molecule has 0 aliphatic rings. The normalized spacial score (nSPS) is 10.4. The molecule has 0 aliphatic carbocycles. The summed E-state index contributed by atoms with van der Waals surface area (Å²) in [6, 6.07) is 7.47. The Morgan fingerprint density at radius 1 is 1.50 bits per heavy atom. The van der Waals surface area contributed by atoms with Crippen molar-refractivity contribution >= 4 is 28.2 Å². The molecule has 0 fully saturated rings. The Morgan fingerprint density at radius 3 is 2.71 bits per heavy atom. The van der Waals surface area contributed by atoms with E-state index in [1.807, 2.05) is 24.3 Å². The molecule has 1 aromatic rings. The number of benzene rings is 1. The average molecular weight is 256 g/mol. The summed E-state index contributed by atoms with van der Waals surface area (Å²) >= 11 is 3.31. The van der Waals surface area contributed by atoms with E-state index >= 15 is 0 Å². The molecule has 3 nitrogen and oxygen atoms in total. The number of ether oxygens (including phenoxy) is 1. The van der Waals surface area contributed by atoms with Crippen LogP contribution in [-0.2, 0) is 4.74 Å². The van der Waals surface area contributed by atoms with Crippen molar-refractivity contribution in [2.45, 2.75) is 6.92 Å². The van der Waals surface area contributed by atoms with E-state index in [-0.39, 0.29) is 0 Å². The molecule has 0 unspecified atom stereocenters. The Morgan fingerprint density at radius 2 is 2.14 bits per heavy atom.